The van der Waals surface area contributed by atoms with Gasteiger partial charge in [0.2, 0.25) is 5.82 Å². The van der Waals surface area contributed by atoms with E-state index in [1.165, 1.54) is 6.07 Å². The molecule has 0 bridgehead atoms. The molecule has 80 valence electrons. The van der Waals surface area contributed by atoms with Crippen LogP contribution >= 0.6 is 15.9 Å². The molecule has 0 aliphatic rings. The van der Waals surface area contributed by atoms with Crippen LogP contribution in [0.5, 0.6) is 5.75 Å². The van der Waals surface area contributed by atoms with E-state index >= 15 is 0 Å². The van der Waals surface area contributed by atoms with Gasteiger partial charge in [0.05, 0.1) is 6.61 Å². The highest BCUT2D eigenvalue weighted by atomic mass is 79.9. The van der Waals surface area contributed by atoms with Crippen molar-refractivity contribution in [2.75, 3.05) is 6.61 Å². The number of halogens is 3. The highest BCUT2D eigenvalue weighted by molar-refractivity contribution is 9.10. The van der Waals surface area contributed by atoms with Crippen LogP contribution in [0.2, 0.25) is 0 Å². The standard InChI is InChI=1S/C11H9BrF2O/c1-2-3-4-5-15-10-7-8(12)6-9(13)11(10)14/h1,6-7H,3-5H2. The van der Waals surface area contributed by atoms with Gasteiger partial charge < -0.3 is 4.74 Å². The normalized spacial score (nSPS) is 9.73. The topological polar surface area (TPSA) is 9.23 Å². The zero-order valence-corrected chi connectivity index (χ0v) is 9.48. The molecule has 0 amide bonds. The Balaban J connectivity index is 2.65. The van der Waals surface area contributed by atoms with Crippen molar-refractivity contribution in [1.82, 2.24) is 0 Å². The van der Waals surface area contributed by atoms with E-state index in [1.807, 2.05) is 0 Å². The van der Waals surface area contributed by atoms with Crippen LogP contribution in [0, 0.1) is 24.0 Å². The fourth-order valence-electron chi connectivity index (χ4n) is 0.994. The fourth-order valence-corrected chi connectivity index (χ4v) is 1.40. The van der Waals surface area contributed by atoms with Gasteiger partial charge in [0.1, 0.15) is 0 Å². The molecule has 0 fully saturated rings. The molecule has 0 aromatic heterocycles. The molecule has 0 aliphatic heterocycles. The smallest absolute Gasteiger partial charge is 0.200 e. The van der Waals surface area contributed by atoms with Crippen molar-refractivity contribution in [3.63, 3.8) is 0 Å². The van der Waals surface area contributed by atoms with E-state index in [2.05, 4.69) is 21.9 Å². The van der Waals surface area contributed by atoms with Crippen molar-refractivity contribution in [3.05, 3.63) is 28.2 Å². The second-order valence-electron chi connectivity index (χ2n) is 2.86. The molecule has 0 aliphatic carbocycles. The first-order valence-electron chi connectivity index (χ1n) is 4.36. The van der Waals surface area contributed by atoms with Gasteiger partial charge in [-0.1, -0.05) is 15.9 Å². The summed E-state index contributed by atoms with van der Waals surface area (Å²) >= 11 is 3.05. The highest BCUT2D eigenvalue weighted by Crippen LogP contribution is 2.25. The van der Waals surface area contributed by atoms with Crippen molar-refractivity contribution < 1.29 is 13.5 Å². The first-order chi connectivity index (χ1) is 7.15. The Bertz CT molecular complexity index is 385. The predicted octanol–water partition coefficient (Wildman–Crippen LogP) is 3.52. The van der Waals surface area contributed by atoms with Crippen LogP contribution in [0.4, 0.5) is 8.78 Å². The summed E-state index contributed by atoms with van der Waals surface area (Å²) in [7, 11) is 0. The molecule has 1 aromatic carbocycles. The summed E-state index contributed by atoms with van der Waals surface area (Å²) in [5.74, 6) is 0.429. The third-order valence-corrected chi connectivity index (χ3v) is 2.14. The summed E-state index contributed by atoms with van der Waals surface area (Å²) in [6.07, 6.45) is 6.21. The molecular weight excluding hydrogens is 266 g/mol. The SMILES string of the molecule is C#CCCCOc1cc(Br)cc(F)c1F. The maximum absolute atomic E-state index is 13.1. The molecule has 0 atom stereocenters. The first-order valence-corrected chi connectivity index (χ1v) is 5.15. The summed E-state index contributed by atoms with van der Waals surface area (Å²) in [6.45, 7) is 0.275. The quantitative estimate of drug-likeness (QED) is 0.464. The Hall–Kier alpha value is -1.08. The molecular formula is C11H9BrF2O. The maximum Gasteiger partial charge on any atom is 0.200 e. The lowest BCUT2D eigenvalue weighted by Gasteiger charge is -2.07. The Kier molecular flexibility index (Phi) is 4.57. The molecule has 0 unspecified atom stereocenters. The van der Waals surface area contributed by atoms with E-state index in [4.69, 9.17) is 11.2 Å². The molecule has 0 saturated heterocycles. The molecule has 0 radical (unpaired) electrons. The van der Waals surface area contributed by atoms with E-state index < -0.39 is 11.6 Å². The second kappa shape index (κ2) is 5.72. The minimum Gasteiger partial charge on any atom is -0.490 e. The average molecular weight is 275 g/mol. The van der Waals surface area contributed by atoms with Gasteiger partial charge in [0.25, 0.3) is 0 Å². The van der Waals surface area contributed by atoms with Crippen LogP contribution in [0.15, 0.2) is 16.6 Å². The Morgan fingerprint density at radius 2 is 2.13 bits per heavy atom. The van der Waals surface area contributed by atoms with Gasteiger partial charge in [-0.3, -0.25) is 0 Å². The number of benzene rings is 1. The van der Waals surface area contributed by atoms with E-state index in [0.29, 0.717) is 17.3 Å². The van der Waals surface area contributed by atoms with Crippen LogP contribution in [0.3, 0.4) is 0 Å². The maximum atomic E-state index is 13.1. The van der Waals surface area contributed by atoms with Gasteiger partial charge in [0, 0.05) is 10.9 Å². The molecule has 1 rings (SSSR count). The average Bonchev–Trinajstić information content (AvgIpc) is 2.19. The fraction of sp³-hybridized carbons (Fsp3) is 0.273. The summed E-state index contributed by atoms with van der Waals surface area (Å²) < 4.78 is 31.5. The summed E-state index contributed by atoms with van der Waals surface area (Å²) in [5.41, 5.74) is 0. The summed E-state index contributed by atoms with van der Waals surface area (Å²) in [4.78, 5) is 0. The van der Waals surface area contributed by atoms with Crippen LogP contribution in [-0.4, -0.2) is 6.61 Å². The second-order valence-corrected chi connectivity index (χ2v) is 3.77. The predicted molar refractivity (Wildman–Crippen MR) is 57.6 cm³/mol. The Labute approximate surface area is 95.6 Å². The lowest BCUT2D eigenvalue weighted by atomic mass is 10.3. The third kappa shape index (κ3) is 3.52. The van der Waals surface area contributed by atoms with Crippen molar-refractivity contribution in [3.8, 4) is 18.1 Å². The van der Waals surface area contributed by atoms with E-state index in [1.54, 1.807) is 0 Å². The van der Waals surface area contributed by atoms with Gasteiger partial charge in [-0.25, -0.2) is 4.39 Å². The summed E-state index contributed by atoms with van der Waals surface area (Å²) in [6, 6.07) is 2.43. The van der Waals surface area contributed by atoms with Crippen molar-refractivity contribution in [1.29, 1.82) is 0 Å². The largest absolute Gasteiger partial charge is 0.490 e. The number of hydrogen-bond donors (Lipinski definition) is 0. The van der Waals surface area contributed by atoms with Gasteiger partial charge in [0.15, 0.2) is 11.6 Å². The highest BCUT2D eigenvalue weighted by Gasteiger charge is 2.10. The van der Waals surface area contributed by atoms with Crippen LogP contribution < -0.4 is 4.74 Å². The zero-order valence-electron chi connectivity index (χ0n) is 7.90. The summed E-state index contributed by atoms with van der Waals surface area (Å²) in [5, 5.41) is 0. The molecule has 0 N–H and O–H groups in total. The molecule has 0 heterocycles. The van der Waals surface area contributed by atoms with E-state index in [0.717, 1.165) is 6.07 Å². The van der Waals surface area contributed by atoms with Crippen LogP contribution in [0.1, 0.15) is 12.8 Å². The van der Waals surface area contributed by atoms with Gasteiger partial charge in [-0.05, 0) is 18.6 Å². The minimum absolute atomic E-state index is 0.0982. The first kappa shape index (κ1) is 12.0. The zero-order chi connectivity index (χ0) is 11.3. The minimum atomic E-state index is -0.973. The monoisotopic (exact) mass is 274 g/mol. The lowest BCUT2D eigenvalue weighted by Crippen LogP contribution is -2.00. The van der Waals surface area contributed by atoms with Crippen molar-refractivity contribution in [2.45, 2.75) is 12.8 Å². The molecule has 1 nitrogen and oxygen atoms in total. The number of ether oxygens (including phenoxy) is 1. The van der Waals surface area contributed by atoms with Gasteiger partial charge in [-0.15, -0.1) is 12.3 Å². The number of rotatable bonds is 4. The van der Waals surface area contributed by atoms with Crippen LogP contribution in [0.25, 0.3) is 0 Å². The lowest BCUT2D eigenvalue weighted by molar-refractivity contribution is 0.291. The molecule has 15 heavy (non-hydrogen) atoms. The van der Waals surface area contributed by atoms with E-state index in [9.17, 15) is 8.78 Å². The van der Waals surface area contributed by atoms with E-state index in [-0.39, 0.29) is 12.4 Å². The van der Waals surface area contributed by atoms with Gasteiger partial charge in [-0.2, -0.15) is 4.39 Å². The van der Waals surface area contributed by atoms with Crippen molar-refractivity contribution in [2.24, 2.45) is 0 Å². The number of hydrogen-bond acceptors (Lipinski definition) is 1. The van der Waals surface area contributed by atoms with Crippen LogP contribution in [-0.2, 0) is 0 Å². The molecule has 0 spiro atoms. The van der Waals surface area contributed by atoms with Crippen molar-refractivity contribution >= 4 is 15.9 Å². The number of terminal acetylenes is 1. The molecule has 0 saturated carbocycles. The Morgan fingerprint density at radius 1 is 1.40 bits per heavy atom. The molecule has 4 heteroatoms. The van der Waals surface area contributed by atoms with Gasteiger partial charge >= 0.3 is 0 Å². The number of unbranched alkanes of at least 4 members (excludes halogenated alkanes) is 1. The Morgan fingerprint density at radius 3 is 2.80 bits per heavy atom. The third-order valence-electron chi connectivity index (χ3n) is 1.68. The molecule has 1 aromatic rings.